The summed E-state index contributed by atoms with van der Waals surface area (Å²) in [6, 6.07) is 2.35. The molecule has 1 atom stereocenters. The van der Waals surface area contributed by atoms with E-state index in [-0.39, 0.29) is 12.1 Å². The molecule has 120 valence electrons. The lowest BCUT2D eigenvalue weighted by Gasteiger charge is -2.31. The van der Waals surface area contributed by atoms with Crippen LogP contribution in [0.3, 0.4) is 0 Å². The van der Waals surface area contributed by atoms with E-state index in [1.165, 1.54) is 25.1 Å². The maximum absolute atomic E-state index is 12.9. The molecule has 0 amide bonds. The van der Waals surface area contributed by atoms with Gasteiger partial charge in [-0.15, -0.1) is 0 Å². The molecule has 0 aromatic heterocycles. The highest BCUT2D eigenvalue weighted by molar-refractivity contribution is 5.32. The first-order chi connectivity index (χ1) is 9.48. The average Bonchev–Trinajstić information content (AvgIpc) is 2.28. The van der Waals surface area contributed by atoms with Crippen molar-refractivity contribution in [2.75, 3.05) is 6.54 Å². The second kappa shape index (κ2) is 6.25. The van der Waals surface area contributed by atoms with Gasteiger partial charge in [-0.3, -0.25) is 0 Å². The Morgan fingerprint density at radius 2 is 1.48 bits per heavy atom. The van der Waals surface area contributed by atoms with Crippen molar-refractivity contribution < 1.29 is 26.3 Å². The molecule has 7 heteroatoms. The molecule has 0 saturated heterocycles. The number of rotatable bonds is 4. The van der Waals surface area contributed by atoms with Gasteiger partial charge in [0, 0.05) is 0 Å². The van der Waals surface area contributed by atoms with E-state index in [0.717, 1.165) is 5.56 Å². The summed E-state index contributed by atoms with van der Waals surface area (Å²) in [5.74, 6) is -3.44. The molecule has 1 aromatic rings. The Bertz CT molecular complexity index is 463. The highest BCUT2D eigenvalue weighted by atomic mass is 19.4. The highest BCUT2D eigenvalue weighted by Gasteiger charge is 2.60. The number of hydrogen-bond donors (Lipinski definition) is 1. The molecule has 0 saturated carbocycles. The summed E-state index contributed by atoms with van der Waals surface area (Å²) in [7, 11) is 0. The minimum atomic E-state index is -5.37. The molecule has 0 aliphatic rings. The summed E-state index contributed by atoms with van der Waals surface area (Å²) in [5, 5.41) is 2.32. The third-order valence-corrected chi connectivity index (χ3v) is 3.35. The van der Waals surface area contributed by atoms with Gasteiger partial charge in [-0.2, -0.15) is 26.3 Å². The quantitative estimate of drug-likeness (QED) is 0.795. The van der Waals surface area contributed by atoms with E-state index in [4.69, 9.17) is 0 Å². The van der Waals surface area contributed by atoms with Crippen LogP contribution in [0.4, 0.5) is 26.3 Å². The maximum atomic E-state index is 12.9. The molecule has 0 fully saturated rings. The van der Waals surface area contributed by atoms with Crippen molar-refractivity contribution in [1.29, 1.82) is 0 Å². The van der Waals surface area contributed by atoms with Gasteiger partial charge in [0.25, 0.3) is 0 Å². The fourth-order valence-corrected chi connectivity index (χ4v) is 2.17. The van der Waals surface area contributed by atoms with E-state index in [1.54, 1.807) is 13.8 Å². The van der Waals surface area contributed by atoms with Crippen LogP contribution in [0.25, 0.3) is 0 Å². The first-order valence-corrected chi connectivity index (χ1v) is 6.42. The van der Waals surface area contributed by atoms with Crippen molar-refractivity contribution in [1.82, 2.24) is 5.32 Å². The van der Waals surface area contributed by atoms with E-state index < -0.39 is 24.3 Å². The first kappa shape index (κ1) is 17.8. The largest absolute Gasteiger partial charge is 0.402 e. The summed E-state index contributed by atoms with van der Waals surface area (Å²) in [6.07, 6.45) is -10.7. The van der Waals surface area contributed by atoms with Crippen LogP contribution >= 0.6 is 0 Å². The zero-order chi connectivity index (χ0) is 16.4. The molecule has 1 unspecified atom stereocenters. The molecule has 0 spiro atoms. The van der Waals surface area contributed by atoms with E-state index in [1.807, 2.05) is 0 Å². The number of aryl methyl sites for hydroxylation is 2. The molecular formula is C14H17F6N. The zero-order valence-electron chi connectivity index (χ0n) is 11.9. The fourth-order valence-electron chi connectivity index (χ4n) is 2.17. The van der Waals surface area contributed by atoms with Crippen molar-refractivity contribution in [3.05, 3.63) is 34.9 Å². The molecule has 1 nitrogen and oxygen atoms in total. The van der Waals surface area contributed by atoms with Crippen molar-refractivity contribution in [2.45, 2.75) is 39.2 Å². The van der Waals surface area contributed by atoms with Gasteiger partial charge in [-0.25, -0.2) is 0 Å². The van der Waals surface area contributed by atoms with Crippen molar-refractivity contribution in [3.8, 4) is 0 Å². The Balaban J connectivity index is 3.34. The van der Waals surface area contributed by atoms with E-state index in [0.29, 0.717) is 5.56 Å². The van der Waals surface area contributed by atoms with Crippen molar-refractivity contribution >= 4 is 0 Å². The number of alkyl halides is 6. The molecule has 1 rings (SSSR count). The summed E-state index contributed by atoms with van der Waals surface area (Å²) in [5.41, 5.74) is 1.45. The Kier molecular flexibility index (Phi) is 5.30. The fraction of sp³-hybridized carbons (Fsp3) is 0.571. The van der Waals surface area contributed by atoms with Gasteiger partial charge < -0.3 is 5.32 Å². The lowest BCUT2D eigenvalue weighted by molar-refractivity contribution is -0.292. The number of hydrogen-bond acceptors (Lipinski definition) is 1. The molecule has 0 heterocycles. The van der Waals surface area contributed by atoms with Crippen LogP contribution < -0.4 is 5.32 Å². The topological polar surface area (TPSA) is 12.0 Å². The number of nitrogens with one attached hydrogen (secondary N) is 1. The summed E-state index contributed by atoms with van der Waals surface area (Å²) >= 11 is 0. The molecule has 21 heavy (non-hydrogen) atoms. The Morgan fingerprint density at radius 3 is 1.86 bits per heavy atom. The van der Waals surface area contributed by atoms with Crippen LogP contribution in [-0.4, -0.2) is 18.9 Å². The Labute approximate surface area is 119 Å². The van der Waals surface area contributed by atoms with Crippen LogP contribution in [0.15, 0.2) is 18.2 Å². The smallest absolute Gasteiger partial charge is 0.309 e. The summed E-state index contributed by atoms with van der Waals surface area (Å²) in [6.45, 7) is 4.86. The van der Waals surface area contributed by atoms with Crippen molar-refractivity contribution in [3.63, 3.8) is 0 Å². The maximum Gasteiger partial charge on any atom is 0.402 e. The van der Waals surface area contributed by atoms with Crippen LogP contribution in [0.5, 0.6) is 0 Å². The van der Waals surface area contributed by atoms with Crippen LogP contribution in [0.2, 0.25) is 0 Å². The second-order valence-electron chi connectivity index (χ2n) is 4.94. The molecule has 0 aliphatic carbocycles. The van der Waals surface area contributed by atoms with Crippen LogP contribution in [0, 0.1) is 19.8 Å². The van der Waals surface area contributed by atoms with Gasteiger partial charge in [0.1, 0.15) is 0 Å². The number of halogens is 6. The van der Waals surface area contributed by atoms with Crippen LogP contribution in [0.1, 0.15) is 29.7 Å². The van der Waals surface area contributed by atoms with Crippen LogP contribution in [-0.2, 0) is 0 Å². The summed E-state index contributed by atoms with van der Waals surface area (Å²) < 4.78 is 77.4. The standard InChI is InChI=1S/C14H17F6N/c1-4-21-11(10-6-5-8(2)9(3)7-10)12(13(15,16)17)14(18,19)20/h5-7,11-12,21H,4H2,1-3H3. The van der Waals surface area contributed by atoms with E-state index in [2.05, 4.69) is 5.32 Å². The Morgan fingerprint density at radius 1 is 0.952 bits per heavy atom. The molecular weight excluding hydrogens is 296 g/mol. The third kappa shape index (κ3) is 4.36. The third-order valence-electron chi connectivity index (χ3n) is 3.35. The van der Waals surface area contributed by atoms with Gasteiger partial charge in [0.2, 0.25) is 0 Å². The predicted octanol–water partition coefficient (Wildman–Crippen LogP) is 4.69. The molecule has 0 bridgehead atoms. The van der Waals surface area contributed by atoms with Gasteiger partial charge in [-0.05, 0) is 37.1 Å². The SMILES string of the molecule is CCNC(c1ccc(C)c(C)c1)C(C(F)(F)F)C(F)(F)F. The van der Waals surface area contributed by atoms with Gasteiger partial charge >= 0.3 is 12.4 Å². The van der Waals surface area contributed by atoms with Crippen molar-refractivity contribution in [2.24, 2.45) is 5.92 Å². The molecule has 0 radical (unpaired) electrons. The van der Waals surface area contributed by atoms with Gasteiger partial charge in [0.05, 0.1) is 6.04 Å². The summed E-state index contributed by atoms with van der Waals surface area (Å²) in [4.78, 5) is 0. The number of benzene rings is 1. The minimum Gasteiger partial charge on any atom is -0.309 e. The highest BCUT2D eigenvalue weighted by Crippen LogP contribution is 2.46. The molecule has 1 N–H and O–H groups in total. The zero-order valence-corrected chi connectivity index (χ0v) is 11.9. The predicted molar refractivity (Wildman–Crippen MR) is 67.9 cm³/mol. The molecule has 0 aliphatic heterocycles. The second-order valence-corrected chi connectivity index (χ2v) is 4.94. The minimum absolute atomic E-state index is 0.000249. The lowest BCUT2D eigenvalue weighted by Crippen LogP contribution is -2.45. The van der Waals surface area contributed by atoms with E-state index >= 15 is 0 Å². The van der Waals surface area contributed by atoms with E-state index in [9.17, 15) is 26.3 Å². The average molecular weight is 313 g/mol. The monoisotopic (exact) mass is 313 g/mol. The Hall–Kier alpha value is -1.24. The van der Waals surface area contributed by atoms with Gasteiger partial charge in [0.15, 0.2) is 5.92 Å². The van der Waals surface area contributed by atoms with Gasteiger partial charge in [-0.1, -0.05) is 25.1 Å². The lowest BCUT2D eigenvalue weighted by atomic mass is 9.90. The normalized spacial score (nSPS) is 14.6. The molecule has 1 aromatic carbocycles. The first-order valence-electron chi connectivity index (χ1n) is 6.42.